The SMILES string of the molecule is Cc1nnc(N/N=C\c2cc(Br)ccc2OC(F)F)[nH]c1=O. The second-order valence-corrected chi connectivity index (χ2v) is 4.93. The molecule has 0 amide bonds. The van der Waals surface area contributed by atoms with Gasteiger partial charge in [0.1, 0.15) is 11.4 Å². The number of hydrogen-bond donors (Lipinski definition) is 2. The summed E-state index contributed by atoms with van der Waals surface area (Å²) in [4.78, 5) is 13.7. The van der Waals surface area contributed by atoms with E-state index in [9.17, 15) is 13.6 Å². The minimum Gasteiger partial charge on any atom is -0.434 e. The van der Waals surface area contributed by atoms with E-state index in [1.807, 2.05) is 0 Å². The Morgan fingerprint density at radius 2 is 2.23 bits per heavy atom. The Hall–Kier alpha value is -2.36. The molecule has 7 nitrogen and oxygen atoms in total. The molecule has 2 rings (SSSR count). The average molecular weight is 374 g/mol. The number of hydrogen-bond acceptors (Lipinski definition) is 6. The summed E-state index contributed by atoms with van der Waals surface area (Å²) in [5.41, 5.74) is 2.56. The van der Waals surface area contributed by atoms with Crippen molar-refractivity contribution in [1.82, 2.24) is 15.2 Å². The first kappa shape index (κ1) is 16.0. The van der Waals surface area contributed by atoms with Gasteiger partial charge in [0.15, 0.2) is 0 Å². The van der Waals surface area contributed by atoms with Crippen LogP contribution in [0.5, 0.6) is 5.75 Å². The van der Waals surface area contributed by atoms with Gasteiger partial charge in [0.05, 0.1) is 6.21 Å². The highest BCUT2D eigenvalue weighted by Crippen LogP contribution is 2.23. The Morgan fingerprint density at radius 3 is 2.91 bits per heavy atom. The predicted octanol–water partition coefficient (Wildman–Crippen LogP) is 2.28. The summed E-state index contributed by atoms with van der Waals surface area (Å²) in [7, 11) is 0. The van der Waals surface area contributed by atoms with E-state index in [-0.39, 0.29) is 17.4 Å². The molecule has 0 aliphatic rings. The number of aryl methyl sites for hydroxylation is 1. The van der Waals surface area contributed by atoms with Gasteiger partial charge in [-0.15, -0.1) is 10.2 Å². The number of H-pyrrole nitrogens is 1. The molecule has 0 saturated carbocycles. The fourth-order valence-electron chi connectivity index (χ4n) is 1.43. The smallest absolute Gasteiger partial charge is 0.387 e. The second kappa shape index (κ2) is 7.07. The van der Waals surface area contributed by atoms with E-state index in [1.54, 1.807) is 12.1 Å². The number of anilines is 1. The molecule has 0 fully saturated rings. The van der Waals surface area contributed by atoms with Crippen molar-refractivity contribution in [2.24, 2.45) is 5.10 Å². The highest BCUT2D eigenvalue weighted by atomic mass is 79.9. The number of ether oxygens (including phenoxy) is 1. The quantitative estimate of drug-likeness (QED) is 0.619. The van der Waals surface area contributed by atoms with Crippen LogP contribution in [-0.2, 0) is 0 Å². The Labute approximate surface area is 131 Å². The summed E-state index contributed by atoms with van der Waals surface area (Å²) in [5, 5.41) is 11.1. The van der Waals surface area contributed by atoms with Crippen LogP contribution >= 0.6 is 15.9 Å². The number of aromatic nitrogens is 3. The monoisotopic (exact) mass is 373 g/mol. The first-order chi connectivity index (χ1) is 10.5. The predicted molar refractivity (Wildman–Crippen MR) is 79.4 cm³/mol. The van der Waals surface area contributed by atoms with Gasteiger partial charge in [-0.05, 0) is 25.1 Å². The number of rotatable bonds is 5. The van der Waals surface area contributed by atoms with E-state index in [4.69, 9.17) is 0 Å². The van der Waals surface area contributed by atoms with E-state index in [1.165, 1.54) is 19.2 Å². The third-order valence-corrected chi connectivity index (χ3v) is 2.92. The van der Waals surface area contributed by atoms with E-state index in [2.05, 4.69) is 46.4 Å². The first-order valence-electron chi connectivity index (χ1n) is 5.93. The van der Waals surface area contributed by atoms with E-state index in [0.717, 1.165) is 0 Å². The van der Waals surface area contributed by atoms with Gasteiger partial charge >= 0.3 is 6.61 Å². The summed E-state index contributed by atoms with van der Waals surface area (Å²) in [6.07, 6.45) is 1.25. The van der Waals surface area contributed by atoms with Crippen LogP contribution in [0.15, 0.2) is 32.6 Å². The van der Waals surface area contributed by atoms with Crippen molar-refractivity contribution >= 4 is 28.1 Å². The molecule has 1 heterocycles. The Bertz CT molecular complexity index is 751. The zero-order chi connectivity index (χ0) is 16.1. The standard InChI is InChI=1S/C12H10BrF2N5O2/c1-6-10(21)17-12(20-18-6)19-16-5-7-4-8(13)2-3-9(7)22-11(14)15/h2-5,11H,1H3,(H2,17,19,20,21)/b16-5-. The summed E-state index contributed by atoms with van der Waals surface area (Å²) >= 11 is 3.22. The molecule has 0 radical (unpaired) electrons. The number of alkyl halides is 2. The fraction of sp³-hybridized carbons (Fsp3) is 0.167. The number of halogens is 3. The second-order valence-electron chi connectivity index (χ2n) is 4.02. The van der Waals surface area contributed by atoms with Gasteiger partial charge in [-0.25, -0.2) is 5.43 Å². The Kier molecular flexibility index (Phi) is 5.15. The molecule has 0 aliphatic carbocycles. The summed E-state index contributed by atoms with van der Waals surface area (Å²) < 4.78 is 29.7. The van der Waals surface area contributed by atoms with Crippen LogP contribution in [-0.4, -0.2) is 28.0 Å². The summed E-state index contributed by atoms with van der Waals surface area (Å²) in [5.74, 6) is -0.00888. The lowest BCUT2D eigenvalue weighted by Gasteiger charge is -2.07. The maximum absolute atomic E-state index is 12.3. The maximum Gasteiger partial charge on any atom is 0.387 e. The minimum atomic E-state index is -2.94. The van der Waals surface area contributed by atoms with Crippen LogP contribution in [0.1, 0.15) is 11.3 Å². The molecular formula is C12H10BrF2N5O2. The first-order valence-corrected chi connectivity index (χ1v) is 6.72. The lowest BCUT2D eigenvalue weighted by molar-refractivity contribution is -0.0499. The molecular weight excluding hydrogens is 364 g/mol. The topological polar surface area (TPSA) is 92.3 Å². The molecule has 116 valence electrons. The third-order valence-electron chi connectivity index (χ3n) is 2.42. The molecule has 2 aromatic rings. The summed E-state index contributed by atoms with van der Waals surface area (Å²) in [6.45, 7) is -1.44. The van der Waals surface area contributed by atoms with E-state index in [0.29, 0.717) is 10.0 Å². The Balaban J connectivity index is 2.16. The van der Waals surface area contributed by atoms with Gasteiger partial charge in [0, 0.05) is 10.0 Å². The van der Waals surface area contributed by atoms with Gasteiger partial charge in [-0.1, -0.05) is 15.9 Å². The minimum absolute atomic E-state index is 0.0261. The molecule has 0 atom stereocenters. The lowest BCUT2D eigenvalue weighted by atomic mass is 10.2. The number of nitrogens with one attached hydrogen (secondary N) is 2. The highest BCUT2D eigenvalue weighted by molar-refractivity contribution is 9.10. The molecule has 22 heavy (non-hydrogen) atoms. The third kappa shape index (κ3) is 4.32. The zero-order valence-electron chi connectivity index (χ0n) is 11.2. The molecule has 0 saturated heterocycles. The largest absolute Gasteiger partial charge is 0.434 e. The normalized spacial score (nSPS) is 11.1. The van der Waals surface area contributed by atoms with Crippen molar-refractivity contribution in [2.45, 2.75) is 13.5 Å². The molecule has 1 aromatic carbocycles. The van der Waals surface area contributed by atoms with Crippen molar-refractivity contribution in [3.05, 3.63) is 44.3 Å². The van der Waals surface area contributed by atoms with Crippen LogP contribution in [0.3, 0.4) is 0 Å². The molecule has 10 heteroatoms. The van der Waals surface area contributed by atoms with Gasteiger partial charge in [0.2, 0.25) is 5.95 Å². The molecule has 1 aromatic heterocycles. The van der Waals surface area contributed by atoms with Gasteiger partial charge < -0.3 is 4.74 Å². The zero-order valence-corrected chi connectivity index (χ0v) is 12.8. The lowest BCUT2D eigenvalue weighted by Crippen LogP contribution is -2.15. The molecule has 2 N–H and O–H groups in total. The number of nitrogens with zero attached hydrogens (tertiary/aromatic N) is 3. The Morgan fingerprint density at radius 1 is 1.45 bits per heavy atom. The number of hydrazone groups is 1. The van der Waals surface area contributed by atoms with Gasteiger partial charge in [-0.2, -0.15) is 13.9 Å². The van der Waals surface area contributed by atoms with Crippen molar-refractivity contribution in [3.8, 4) is 5.75 Å². The molecule has 0 bridgehead atoms. The molecule has 0 spiro atoms. The molecule has 0 unspecified atom stereocenters. The van der Waals surface area contributed by atoms with Crippen LogP contribution in [0, 0.1) is 6.92 Å². The van der Waals surface area contributed by atoms with Crippen LogP contribution in [0.25, 0.3) is 0 Å². The van der Waals surface area contributed by atoms with Crippen LogP contribution < -0.4 is 15.7 Å². The van der Waals surface area contributed by atoms with E-state index >= 15 is 0 Å². The fourth-order valence-corrected chi connectivity index (χ4v) is 1.81. The average Bonchev–Trinajstić information content (AvgIpc) is 2.45. The maximum atomic E-state index is 12.3. The van der Waals surface area contributed by atoms with Crippen molar-refractivity contribution in [2.75, 3.05) is 5.43 Å². The van der Waals surface area contributed by atoms with Crippen LogP contribution in [0.2, 0.25) is 0 Å². The number of aromatic amines is 1. The van der Waals surface area contributed by atoms with E-state index < -0.39 is 12.2 Å². The van der Waals surface area contributed by atoms with Gasteiger partial charge in [0.25, 0.3) is 5.56 Å². The van der Waals surface area contributed by atoms with Crippen LogP contribution in [0.4, 0.5) is 14.7 Å². The highest BCUT2D eigenvalue weighted by Gasteiger charge is 2.09. The molecule has 0 aliphatic heterocycles. The number of benzene rings is 1. The van der Waals surface area contributed by atoms with Crippen molar-refractivity contribution in [3.63, 3.8) is 0 Å². The van der Waals surface area contributed by atoms with Crippen molar-refractivity contribution in [1.29, 1.82) is 0 Å². The van der Waals surface area contributed by atoms with Gasteiger partial charge in [-0.3, -0.25) is 9.78 Å². The summed E-state index contributed by atoms with van der Waals surface area (Å²) in [6, 6.07) is 4.49. The van der Waals surface area contributed by atoms with Crippen molar-refractivity contribution < 1.29 is 13.5 Å².